The first kappa shape index (κ1) is 26.6. The molecule has 0 aromatic heterocycles. The van der Waals surface area contributed by atoms with E-state index in [1.54, 1.807) is 18.2 Å². The van der Waals surface area contributed by atoms with Crippen molar-refractivity contribution in [2.24, 2.45) is 0 Å². The molecule has 0 fully saturated rings. The molecule has 1 N–H and O–H groups in total. The minimum Gasteiger partial charge on any atom is -0.493 e. The highest BCUT2D eigenvalue weighted by Gasteiger charge is 2.30. The second kappa shape index (κ2) is 11.6. The number of benzene rings is 3. The van der Waals surface area contributed by atoms with E-state index >= 15 is 0 Å². The van der Waals surface area contributed by atoms with Gasteiger partial charge in [0.2, 0.25) is 5.91 Å². The maximum Gasteiger partial charge on any atom is 0.265 e. The number of sulfonamides is 1. The number of rotatable bonds is 11. The Morgan fingerprint density at radius 1 is 0.833 bits per heavy atom. The fraction of sp³-hybridized carbons (Fsp3) is 0.240. The van der Waals surface area contributed by atoms with Crippen molar-refractivity contribution >= 4 is 21.6 Å². The minimum absolute atomic E-state index is 0.0840. The molecule has 11 heteroatoms. The fourth-order valence-electron chi connectivity index (χ4n) is 3.44. The summed E-state index contributed by atoms with van der Waals surface area (Å²) >= 11 is 0. The van der Waals surface area contributed by atoms with Gasteiger partial charge in [-0.1, -0.05) is 18.2 Å². The normalized spacial score (nSPS) is 10.9. The fourth-order valence-corrected chi connectivity index (χ4v) is 4.88. The van der Waals surface area contributed by atoms with E-state index in [4.69, 9.17) is 18.9 Å². The summed E-state index contributed by atoms with van der Waals surface area (Å²) < 4.78 is 63.4. The Morgan fingerprint density at radius 2 is 1.42 bits per heavy atom. The van der Waals surface area contributed by atoms with Crippen LogP contribution < -0.4 is 28.6 Å². The van der Waals surface area contributed by atoms with Gasteiger partial charge in [-0.2, -0.15) is 0 Å². The molecule has 0 spiro atoms. The van der Waals surface area contributed by atoms with Crippen molar-refractivity contribution in [1.82, 2.24) is 5.32 Å². The number of nitrogens with one attached hydrogen (secondary N) is 1. The number of para-hydroxylation sites is 1. The molecular formula is C25H27FN2O7S. The summed E-state index contributed by atoms with van der Waals surface area (Å²) in [5.41, 5.74) is 0.426. The van der Waals surface area contributed by atoms with Crippen LogP contribution in [-0.4, -0.2) is 49.3 Å². The lowest BCUT2D eigenvalue weighted by molar-refractivity contribution is -0.119. The van der Waals surface area contributed by atoms with Crippen LogP contribution in [0.25, 0.3) is 0 Å². The molecule has 3 aromatic rings. The SMILES string of the molecule is COc1ccc(CNC(=O)CN(c2ccccc2F)S(=O)(=O)c2ccc(OC)c(OC)c2)cc1OC. The summed E-state index contributed by atoms with van der Waals surface area (Å²) in [6, 6.07) is 14.4. The van der Waals surface area contributed by atoms with Crippen molar-refractivity contribution in [3.63, 3.8) is 0 Å². The van der Waals surface area contributed by atoms with Crippen LogP contribution in [0.4, 0.5) is 10.1 Å². The monoisotopic (exact) mass is 518 g/mol. The predicted octanol–water partition coefficient (Wildman–Crippen LogP) is 3.37. The van der Waals surface area contributed by atoms with Crippen molar-refractivity contribution in [2.75, 3.05) is 39.3 Å². The molecule has 0 aliphatic carbocycles. The molecule has 3 aromatic carbocycles. The third kappa shape index (κ3) is 5.80. The minimum atomic E-state index is -4.37. The Kier molecular flexibility index (Phi) is 8.59. The molecule has 0 bridgehead atoms. The van der Waals surface area contributed by atoms with Gasteiger partial charge in [0.15, 0.2) is 23.0 Å². The first-order valence-corrected chi connectivity index (χ1v) is 12.2. The first-order valence-electron chi connectivity index (χ1n) is 10.7. The van der Waals surface area contributed by atoms with E-state index in [2.05, 4.69) is 5.32 Å². The van der Waals surface area contributed by atoms with E-state index in [0.29, 0.717) is 27.1 Å². The van der Waals surface area contributed by atoms with Crippen molar-refractivity contribution in [2.45, 2.75) is 11.4 Å². The number of amides is 1. The largest absolute Gasteiger partial charge is 0.493 e. The Labute approximate surface area is 209 Å². The van der Waals surface area contributed by atoms with Gasteiger partial charge in [-0.25, -0.2) is 12.8 Å². The molecule has 3 rings (SSSR count). The number of carbonyl (C=O) groups is 1. The van der Waals surface area contributed by atoms with Gasteiger partial charge in [-0.05, 0) is 42.0 Å². The van der Waals surface area contributed by atoms with Crippen molar-refractivity contribution < 1.29 is 36.6 Å². The highest BCUT2D eigenvalue weighted by molar-refractivity contribution is 7.92. The molecule has 1 amide bonds. The number of ether oxygens (including phenoxy) is 4. The number of methoxy groups -OCH3 is 4. The number of anilines is 1. The van der Waals surface area contributed by atoms with Crippen LogP contribution in [0.2, 0.25) is 0 Å². The Balaban J connectivity index is 1.90. The molecule has 0 radical (unpaired) electrons. The van der Waals surface area contributed by atoms with Crippen LogP contribution in [0.3, 0.4) is 0 Å². The highest BCUT2D eigenvalue weighted by Crippen LogP contribution is 2.33. The molecule has 0 aliphatic heterocycles. The van der Waals surface area contributed by atoms with Gasteiger partial charge >= 0.3 is 0 Å². The molecule has 0 aliphatic rings. The second-order valence-corrected chi connectivity index (χ2v) is 9.31. The van der Waals surface area contributed by atoms with E-state index in [-0.39, 0.29) is 22.9 Å². The maximum absolute atomic E-state index is 14.7. The zero-order valence-electron chi connectivity index (χ0n) is 20.3. The van der Waals surface area contributed by atoms with Gasteiger partial charge < -0.3 is 24.3 Å². The summed E-state index contributed by atoms with van der Waals surface area (Å²) in [5.74, 6) is 0.0606. The molecule has 9 nitrogen and oxygen atoms in total. The quantitative estimate of drug-likeness (QED) is 0.415. The van der Waals surface area contributed by atoms with Gasteiger partial charge in [-0.15, -0.1) is 0 Å². The third-order valence-corrected chi connectivity index (χ3v) is 7.04. The maximum atomic E-state index is 14.7. The molecule has 36 heavy (non-hydrogen) atoms. The molecule has 0 unspecified atom stereocenters. The van der Waals surface area contributed by atoms with E-state index in [9.17, 15) is 17.6 Å². The molecule has 0 atom stereocenters. The predicted molar refractivity (Wildman–Crippen MR) is 132 cm³/mol. The van der Waals surface area contributed by atoms with Crippen LogP contribution in [0, 0.1) is 5.82 Å². The average Bonchev–Trinajstić information content (AvgIpc) is 2.90. The number of halogens is 1. The van der Waals surface area contributed by atoms with Gasteiger partial charge in [-0.3, -0.25) is 9.10 Å². The van der Waals surface area contributed by atoms with Gasteiger partial charge in [0.25, 0.3) is 10.0 Å². The zero-order chi connectivity index (χ0) is 26.3. The van der Waals surface area contributed by atoms with Gasteiger partial charge in [0.1, 0.15) is 12.4 Å². The molecular weight excluding hydrogens is 491 g/mol. The molecule has 0 saturated carbocycles. The summed E-state index contributed by atoms with van der Waals surface area (Å²) in [4.78, 5) is 12.7. The van der Waals surface area contributed by atoms with Crippen molar-refractivity contribution in [1.29, 1.82) is 0 Å². The summed E-state index contributed by atoms with van der Waals surface area (Å²) in [7, 11) is 1.41. The van der Waals surface area contributed by atoms with Gasteiger partial charge in [0, 0.05) is 12.6 Å². The van der Waals surface area contributed by atoms with Crippen LogP contribution in [0.15, 0.2) is 65.6 Å². The first-order chi connectivity index (χ1) is 17.2. The van der Waals surface area contributed by atoms with E-state index < -0.39 is 28.3 Å². The zero-order valence-corrected chi connectivity index (χ0v) is 21.1. The Morgan fingerprint density at radius 3 is 2.03 bits per heavy atom. The number of carbonyl (C=O) groups excluding carboxylic acids is 1. The summed E-state index contributed by atoms with van der Waals surface area (Å²) in [6.45, 7) is -0.578. The highest BCUT2D eigenvalue weighted by atomic mass is 32.2. The topological polar surface area (TPSA) is 103 Å². The molecule has 0 heterocycles. The number of nitrogens with zero attached hydrogens (tertiary/aromatic N) is 1. The van der Waals surface area contributed by atoms with E-state index in [1.807, 2.05) is 0 Å². The number of hydrogen-bond acceptors (Lipinski definition) is 7. The standard InChI is InChI=1S/C25H27FN2O7S/c1-32-21-11-9-17(13-23(21)34-3)15-27-25(29)16-28(20-8-6-5-7-19(20)26)36(30,31)18-10-12-22(33-2)24(14-18)35-4/h5-14H,15-16H2,1-4H3,(H,27,29). The van der Waals surface area contributed by atoms with Crippen LogP contribution >= 0.6 is 0 Å². The van der Waals surface area contributed by atoms with Crippen molar-refractivity contribution in [3.05, 3.63) is 72.0 Å². The van der Waals surface area contributed by atoms with Crippen molar-refractivity contribution in [3.8, 4) is 23.0 Å². The molecule has 0 saturated heterocycles. The Bertz CT molecular complexity index is 1330. The lowest BCUT2D eigenvalue weighted by atomic mass is 10.2. The average molecular weight is 519 g/mol. The summed E-state index contributed by atoms with van der Waals surface area (Å²) in [5, 5.41) is 2.66. The Hall–Kier alpha value is -3.99. The van der Waals surface area contributed by atoms with Crippen LogP contribution in [0.5, 0.6) is 23.0 Å². The van der Waals surface area contributed by atoms with E-state index in [0.717, 1.165) is 6.07 Å². The smallest absolute Gasteiger partial charge is 0.265 e. The summed E-state index contributed by atoms with van der Waals surface area (Å²) in [6.07, 6.45) is 0. The molecule has 192 valence electrons. The lowest BCUT2D eigenvalue weighted by Crippen LogP contribution is -2.41. The number of hydrogen-bond donors (Lipinski definition) is 1. The van der Waals surface area contributed by atoms with Gasteiger partial charge in [0.05, 0.1) is 39.0 Å². The second-order valence-electron chi connectivity index (χ2n) is 7.45. The third-order valence-electron chi connectivity index (χ3n) is 5.29. The van der Waals surface area contributed by atoms with Crippen LogP contribution in [0.1, 0.15) is 5.56 Å². The van der Waals surface area contributed by atoms with E-state index in [1.165, 1.54) is 64.8 Å². The van der Waals surface area contributed by atoms with Crippen LogP contribution in [-0.2, 0) is 21.4 Å². The lowest BCUT2D eigenvalue weighted by Gasteiger charge is -2.25.